The van der Waals surface area contributed by atoms with E-state index in [4.69, 9.17) is 0 Å². The van der Waals surface area contributed by atoms with Gasteiger partial charge in [0.05, 0.1) is 31.3 Å². The summed E-state index contributed by atoms with van der Waals surface area (Å²) in [5, 5.41) is 0. The number of halogens is 7. The molecule has 0 radical (unpaired) electrons. The molecule has 9 heteroatoms. The van der Waals surface area contributed by atoms with Gasteiger partial charge >= 0.3 is 18.2 Å². The molecule has 1 aromatic carbocycles. The summed E-state index contributed by atoms with van der Waals surface area (Å²) < 4.78 is 93.4. The van der Waals surface area contributed by atoms with E-state index in [0.29, 0.717) is 18.0 Å². The van der Waals surface area contributed by atoms with Gasteiger partial charge in [-0.05, 0) is 17.4 Å². The molecule has 0 N–H and O–H groups in total. The van der Waals surface area contributed by atoms with Gasteiger partial charge in [0.1, 0.15) is 0 Å². The Morgan fingerprint density at radius 2 is 1.33 bits per heavy atom. The summed E-state index contributed by atoms with van der Waals surface area (Å²) in [6, 6.07) is 9.70. The van der Waals surface area contributed by atoms with Crippen LogP contribution in [-0.4, -0.2) is 43.3 Å². The maximum absolute atomic E-state index is 13.4. The average Bonchev–Trinajstić information content (AvgIpc) is 2.57. The molecule has 0 aliphatic rings. The molecule has 0 aliphatic carbocycles. The molecule has 1 rings (SSSR count). The fourth-order valence-corrected chi connectivity index (χ4v) is 9.66. The average molecular weight is 463 g/mol. The van der Waals surface area contributed by atoms with E-state index in [9.17, 15) is 30.7 Å². The summed E-state index contributed by atoms with van der Waals surface area (Å²) in [7, 11) is -1.72. The van der Waals surface area contributed by atoms with Gasteiger partial charge in [-0.25, -0.2) is 0 Å². The zero-order chi connectivity index (χ0) is 23.2. The number of hydrogen-bond acceptors (Lipinski definition) is 1. The first-order valence-electron chi connectivity index (χ1n) is 9.97. The zero-order valence-electron chi connectivity index (χ0n) is 17.8. The number of benzene rings is 1. The van der Waals surface area contributed by atoms with Crippen molar-refractivity contribution in [3.8, 4) is 0 Å². The molecule has 0 saturated carbocycles. The van der Waals surface area contributed by atoms with E-state index in [0.717, 1.165) is 24.0 Å². The van der Waals surface area contributed by atoms with Gasteiger partial charge < -0.3 is 4.74 Å². The van der Waals surface area contributed by atoms with Gasteiger partial charge in [-0.1, -0.05) is 58.0 Å². The summed E-state index contributed by atoms with van der Waals surface area (Å²) in [4.78, 5) is 0. The highest BCUT2D eigenvalue weighted by Gasteiger charge is 2.74. The minimum atomic E-state index is -6.38. The van der Waals surface area contributed by atoms with Gasteiger partial charge in [-0.15, -0.1) is 0 Å². The molecule has 0 amide bonds. The van der Waals surface area contributed by atoms with E-state index in [2.05, 4.69) is 32.4 Å². The van der Waals surface area contributed by atoms with E-state index in [1.807, 2.05) is 30.3 Å². The largest absolute Gasteiger partial charge is 0.462 e. The molecule has 0 aliphatic heterocycles. The van der Waals surface area contributed by atoms with E-state index >= 15 is 0 Å². The van der Waals surface area contributed by atoms with Crippen molar-refractivity contribution in [2.75, 3.05) is 25.1 Å². The predicted molar refractivity (Wildman–Crippen MR) is 108 cm³/mol. The van der Waals surface area contributed by atoms with Crippen LogP contribution in [0.25, 0.3) is 0 Å². The number of alkyl halides is 7. The first-order valence-corrected chi connectivity index (χ1v) is 12.5. The van der Waals surface area contributed by atoms with Crippen LogP contribution < -0.4 is 0 Å². The van der Waals surface area contributed by atoms with Crippen LogP contribution in [0.5, 0.6) is 0 Å². The third-order valence-electron chi connectivity index (χ3n) is 4.65. The van der Waals surface area contributed by atoms with Crippen molar-refractivity contribution in [2.45, 2.75) is 58.5 Å². The minimum absolute atomic E-state index is 0.00355. The fourth-order valence-electron chi connectivity index (χ4n) is 3.84. The first kappa shape index (κ1) is 27.2. The second-order valence-corrected chi connectivity index (χ2v) is 12.8. The van der Waals surface area contributed by atoms with Crippen molar-refractivity contribution in [3.05, 3.63) is 35.9 Å². The third kappa shape index (κ3) is 7.67. The normalized spacial score (nSPS) is 14.0. The van der Waals surface area contributed by atoms with Crippen LogP contribution in [0.2, 0.25) is 0 Å². The lowest BCUT2D eigenvalue weighted by Crippen LogP contribution is -2.53. The van der Waals surface area contributed by atoms with Crippen molar-refractivity contribution in [1.82, 2.24) is 0 Å². The molecule has 1 aromatic rings. The van der Waals surface area contributed by atoms with Gasteiger partial charge in [0.2, 0.25) is 0 Å². The van der Waals surface area contributed by atoms with Crippen molar-refractivity contribution >= 4 is 7.26 Å². The first-order chi connectivity index (χ1) is 13.6. The highest BCUT2D eigenvalue weighted by atomic mass is 31.2. The van der Waals surface area contributed by atoms with Crippen LogP contribution in [0, 0.1) is 11.8 Å². The molecule has 1 nitrogen and oxygen atoms in total. The van der Waals surface area contributed by atoms with Crippen LogP contribution >= 0.6 is 7.26 Å². The molecule has 0 bridgehead atoms. The second-order valence-electron chi connectivity index (χ2n) is 8.65. The SMILES string of the molecule is CC(C)C[P+](CCCOC(F)(F)C(F)(F)C(F)(F)F)(Cc1ccccc1)CC(C)C. The molecular weight excluding hydrogens is 432 g/mol. The predicted octanol–water partition coefficient (Wildman–Crippen LogP) is 7.71. The standard InChI is InChI=1S/C21H31F7OP/c1-16(2)13-30(14-17(3)4,15-18-9-6-5-7-10-18)12-8-11-29-21(27,28)19(22,23)20(24,25)26/h5-7,9-10,16-17H,8,11-15H2,1-4H3/q+1. The van der Waals surface area contributed by atoms with Crippen molar-refractivity contribution in [1.29, 1.82) is 0 Å². The minimum Gasteiger partial charge on any atom is -0.315 e. The van der Waals surface area contributed by atoms with Crippen LogP contribution in [0.15, 0.2) is 30.3 Å². The molecule has 30 heavy (non-hydrogen) atoms. The maximum atomic E-state index is 13.4. The van der Waals surface area contributed by atoms with Crippen molar-refractivity contribution < 1.29 is 35.5 Å². The highest BCUT2D eigenvalue weighted by Crippen LogP contribution is 2.64. The lowest BCUT2D eigenvalue weighted by molar-refractivity contribution is -0.423. The lowest BCUT2D eigenvalue weighted by Gasteiger charge is -2.32. The Bertz CT molecular complexity index is 620. The molecule has 0 atom stereocenters. The summed E-state index contributed by atoms with van der Waals surface area (Å²) in [6.07, 6.45) is -8.93. The lowest BCUT2D eigenvalue weighted by atomic mass is 10.2. The van der Waals surface area contributed by atoms with Gasteiger partial charge in [0.25, 0.3) is 0 Å². The summed E-state index contributed by atoms with van der Waals surface area (Å²) >= 11 is 0. The Balaban J connectivity index is 2.91. The summed E-state index contributed by atoms with van der Waals surface area (Å²) in [6.45, 7) is 7.40. The Labute approximate surface area is 174 Å². The molecule has 0 unspecified atom stereocenters. The topological polar surface area (TPSA) is 9.23 Å². The van der Waals surface area contributed by atoms with Crippen LogP contribution in [0.4, 0.5) is 30.7 Å². The maximum Gasteiger partial charge on any atom is 0.462 e. The van der Waals surface area contributed by atoms with E-state index in [1.54, 1.807) is 0 Å². The molecule has 0 heterocycles. The molecule has 0 fully saturated rings. The monoisotopic (exact) mass is 463 g/mol. The zero-order valence-corrected chi connectivity index (χ0v) is 18.7. The summed E-state index contributed by atoms with van der Waals surface area (Å²) in [5.41, 5.74) is 1.11. The van der Waals surface area contributed by atoms with Crippen molar-refractivity contribution in [2.24, 2.45) is 11.8 Å². The Hall–Kier alpha value is -0.880. The molecule has 0 aromatic heterocycles. The molecule has 0 saturated heterocycles. The van der Waals surface area contributed by atoms with Crippen LogP contribution in [0.3, 0.4) is 0 Å². The van der Waals surface area contributed by atoms with Gasteiger partial charge in [-0.2, -0.15) is 30.7 Å². The number of hydrogen-bond donors (Lipinski definition) is 0. The number of ether oxygens (including phenoxy) is 1. The Morgan fingerprint density at radius 3 is 1.77 bits per heavy atom. The van der Waals surface area contributed by atoms with Crippen LogP contribution in [-0.2, 0) is 10.9 Å². The highest BCUT2D eigenvalue weighted by molar-refractivity contribution is 7.75. The van der Waals surface area contributed by atoms with Gasteiger partial charge in [0.15, 0.2) is 0 Å². The summed E-state index contributed by atoms with van der Waals surface area (Å²) in [5.74, 6) is -5.54. The third-order valence-corrected chi connectivity index (χ3v) is 9.96. The fraction of sp³-hybridized carbons (Fsp3) is 0.714. The van der Waals surface area contributed by atoms with E-state index < -0.39 is 32.1 Å². The Kier molecular flexibility index (Phi) is 9.62. The smallest absolute Gasteiger partial charge is 0.315 e. The van der Waals surface area contributed by atoms with Crippen molar-refractivity contribution in [3.63, 3.8) is 0 Å². The number of rotatable bonds is 12. The van der Waals surface area contributed by atoms with Crippen LogP contribution in [0.1, 0.15) is 39.7 Å². The van der Waals surface area contributed by atoms with E-state index in [1.165, 1.54) is 0 Å². The quantitative estimate of drug-likeness (QED) is 0.175. The van der Waals surface area contributed by atoms with Gasteiger partial charge in [0, 0.05) is 13.7 Å². The molecule has 0 spiro atoms. The molecule has 174 valence electrons. The molecular formula is C21H31F7OP+. The van der Waals surface area contributed by atoms with Gasteiger partial charge in [-0.3, -0.25) is 0 Å². The van der Waals surface area contributed by atoms with E-state index in [-0.39, 0.29) is 6.42 Å². The second kappa shape index (κ2) is 10.6. The Morgan fingerprint density at radius 1 is 0.833 bits per heavy atom.